The Labute approximate surface area is 171 Å². The van der Waals surface area contributed by atoms with E-state index >= 15 is 0 Å². The van der Waals surface area contributed by atoms with Crippen molar-refractivity contribution in [2.45, 2.75) is 11.5 Å². The summed E-state index contributed by atoms with van der Waals surface area (Å²) in [7, 11) is 1.01. The van der Waals surface area contributed by atoms with Crippen molar-refractivity contribution in [1.82, 2.24) is 0 Å². The van der Waals surface area contributed by atoms with Gasteiger partial charge in [0.25, 0.3) is 10.0 Å². The molecule has 29 heavy (non-hydrogen) atoms. The standard InChI is InChI=1S/C22H23NO5S/c1-23(29(24,25)22-13-11-19(26-2)12-14-22)18-7-9-20(10-8-18)28-16-17-5-4-6-21(15-17)27-3/h4-15H,16H2,1-3H3. The first-order valence-electron chi connectivity index (χ1n) is 8.93. The molecule has 0 heterocycles. The van der Waals surface area contributed by atoms with Crippen molar-refractivity contribution in [1.29, 1.82) is 0 Å². The fourth-order valence-electron chi connectivity index (χ4n) is 2.73. The molecule has 7 heteroatoms. The molecular formula is C22H23NO5S. The predicted molar refractivity (Wildman–Crippen MR) is 112 cm³/mol. The van der Waals surface area contributed by atoms with Gasteiger partial charge in [0.05, 0.1) is 24.8 Å². The highest BCUT2D eigenvalue weighted by Crippen LogP contribution is 2.26. The van der Waals surface area contributed by atoms with Crippen LogP contribution in [-0.4, -0.2) is 29.7 Å². The number of hydrogen-bond donors (Lipinski definition) is 0. The third-order valence-electron chi connectivity index (χ3n) is 4.46. The number of ether oxygens (including phenoxy) is 3. The lowest BCUT2D eigenvalue weighted by molar-refractivity contribution is 0.305. The topological polar surface area (TPSA) is 65.1 Å². The predicted octanol–water partition coefficient (Wildman–Crippen LogP) is 4.11. The molecule has 0 aliphatic rings. The Morgan fingerprint density at radius 2 is 1.41 bits per heavy atom. The molecule has 0 amide bonds. The van der Waals surface area contributed by atoms with Gasteiger partial charge >= 0.3 is 0 Å². The van der Waals surface area contributed by atoms with Crippen LogP contribution in [0.1, 0.15) is 5.56 Å². The Morgan fingerprint density at radius 1 is 0.793 bits per heavy atom. The van der Waals surface area contributed by atoms with Crippen LogP contribution in [0.3, 0.4) is 0 Å². The zero-order valence-corrected chi connectivity index (χ0v) is 17.3. The van der Waals surface area contributed by atoms with Gasteiger partial charge in [0.15, 0.2) is 0 Å². The zero-order valence-electron chi connectivity index (χ0n) is 16.5. The lowest BCUT2D eigenvalue weighted by Crippen LogP contribution is -2.26. The summed E-state index contributed by atoms with van der Waals surface area (Å²) < 4.78 is 43.0. The molecule has 0 fully saturated rings. The van der Waals surface area contributed by atoms with Crippen LogP contribution < -0.4 is 18.5 Å². The molecule has 152 valence electrons. The summed E-state index contributed by atoms with van der Waals surface area (Å²) in [4.78, 5) is 0.194. The number of anilines is 1. The van der Waals surface area contributed by atoms with Gasteiger partial charge in [-0.2, -0.15) is 0 Å². The summed E-state index contributed by atoms with van der Waals surface area (Å²) >= 11 is 0. The molecule has 3 aromatic carbocycles. The minimum atomic E-state index is -3.67. The Bertz CT molecular complexity index is 1050. The van der Waals surface area contributed by atoms with Crippen LogP contribution in [0.4, 0.5) is 5.69 Å². The molecule has 0 aromatic heterocycles. The monoisotopic (exact) mass is 413 g/mol. The van der Waals surface area contributed by atoms with Crippen molar-refractivity contribution in [3.8, 4) is 17.2 Å². The molecule has 6 nitrogen and oxygen atoms in total. The number of hydrogen-bond acceptors (Lipinski definition) is 5. The molecular weight excluding hydrogens is 390 g/mol. The maximum absolute atomic E-state index is 12.8. The number of sulfonamides is 1. The summed E-state index contributed by atoms with van der Waals surface area (Å²) in [6.45, 7) is 0.385. The van der Waals surface area contributed by atoms with Gasteiger partial charge in [-0.3, -0.25) is 4.31 Å². The fourth-order valence-corrected chi connectivity index (χ4v) is 3.92. The van der Waals surface area contributed by atoms with Crippen LogP contribution >= 0.6 is 0 Å². The molecule has 0 aliphatic carbocycles. The first-order valence-corrected chi connectivity index (χ1v) is 10.4. The number of rotatable bonds is 8. The van der Waals surface area contributed by atoms with E-state index in [-0.39, 0.29) is 4.90 Å². The van der Waals surface area contributed by atoms with E-state index in [0.717, 1.165) is 11.3 Å². The summed E-state index contributed by atoms with van der Waals surface area (Å²) in [5, 5.41) is 0. The molecule has 3 rings (SSSR count). The molecule has 0 atom stereocenters. The molecule has 0 saturated heterocycles. The Morgan fingerprint density at radius 3 is 2.03 bits per heavy atom. The second-order valence-electron chi connectivity index (χ2n) is 6.28. The molecule has 0 N–H and O–H groups in total. The minimum Gasteiger partial charge on any atom is -0.497 e. The van der Waals surface area contributed by atoms with Crippen molar-refractivity contribution in [3.05, 3.63) is 78.4 Å². The normalized spacial score (nSPS) is 11.0. The average Bonchev–Trinajstić information content (AvgIpc) is 2.77. The largest absolute Gasteiger partial charge is 0.497 e. The van der Waals surface area contributed by atoms with Gasteiger partial charge in [0.2, 0.25) is 0 Å². The van der Waals surface area contributed by atoms with Crippen molar-refractivity contribution >= 4 is 15.7 Å². The van der Waals surface area contributed by atoms with Crippen molar-refractivity contribution in [2.24, 2.45) is 0 Å². The fraction of sp³-hybridized carbons (Fsp3) is 0.182. The van der Waals surface area contributed by atoms with E-state index < -0.39 is 10.0 Å². The minimum absolute atomic E-state index is 0.194. The lowest BCUT2D eigenvalue weighted by Gasteiger charge is -2.20. The average molecular weight is 413 g/mol. The Hall–Kier alpha value is -3.19. The van der Waals surface area contributed by atoms with E-state index in [1.54, 1.807) is 43.5 Å². The number of methoxy groups -OCH3 is 2. The van der Waals surface area contributed by atoms with E-state index in [2.05, 4.69) is 0 Å². The molecule has 0 saturated carbocycles. The lowest BCUT2D eigenvalue weighted by atomic mass is 10.2. The third kappa shape index (κ3) is 4.81. The van der Waals surface area contributed by atoms with Gasteiger partial charge < -0.3 is 14.2 Å². The summed E-state index contributed by atoms with van der Waals surface area (Å²) in [5.74, 6) is 2.02. The SMILES string of the molecule is COc1ccc(S(=O)(=O)N(C)c2ccc(OCc3cccc(OC)c3)cc2)cc1. The molecule has 0 aliphatic heterocycles. The summed E-state index contributed by atoms with van der Waals surface area (Å²) in [6, 6.07) is 20.8. The maximum Gasteiger partial charge on any atom is 0.264 e. The smallest absolute Gasteiger partial charge is 0.264 e. The maximum atomic E-state index is 12.8. The van der Waals surface area contributed by atoms with E-state index in [4.69, 9.17) is 14.2 Å². The van der Waals surface area contributed by atoms with Crippen molar-refractivity contribution in [2.75, 3.05) is 25.6 Å². The molecule has 3 aromatic rings. The van der Waals surface area contributed by atoms with Crippen molar-refractivity contribution < 1.29 is 22.6 Å². The number of nitrogens with zero attached hydrogens (tertiary/aromatic N) is 1. The van der Waals surface area contributed by atoms with E-state index in [9.17, 15) is 8.42 Å². The molecule has 0 spiro atoms. The second-order valence-corrected chi connectivity index (χ2v) is 8.25. The van der Waals surface area contributed by atoms with E-state index in [1.165, 1.54) is 30.6 Å². The Kier molecular flexibility index (Phi) is 6.29. The first kappa shape index (κ1) is 20.5. The zero-order chi connectivity index (χ0) is 20.9. The Balaban J connectivity index is 1.69. The third-order valence-corrected chi connectivity index (χ3v) is 6.26. The second kappa shape index (κ2) is 8.87. The summed E-state index contributed by atoms with van der Waals surface area (Å²) in [5.41, 5.74) is 1.52. The highest BCUT2D eigenvalue weighted by Gasteiger charge is 2.21. The van der Waals surface area contributed by atoms with Gasteiger partial charge in [-0.1, -0.05) is 12.1 Å². The molecule has 0 unspecified atom stereocenters. The van der Waals surface area contributed by atoms with Crippen LogP contribution in [0.25, 0.3) is 0 Å². The van der Waals surface area contributed by atoms with Gasteiger partial charge in [-0.05, 0) is 66.2 Å². The summed E-state index contributed by atoms with van der Waals surface area (Å²) in [6.07, 6.45) is 0. The van der Waals surface area contributed by atoms with Gasteiger partial charge in [-0.25, -0.2) is 8.42 Å². The molecule has 0 bridgehead atoms. The van der Waals surface area contributed by atoms with Gasteiger partial charge in [0.1, 0.15) is 23.9 Å². The number of benzene rings is 3. The van der Waals surface area contributed by atoms with Gasteiger partial charge in [-0.15, -0.1) is 0 Å². The van der Waals surface area contributed by atoms with Crippen LogP contribution in [0.2, 0.25) is 0 Å². The van der Waals surface area contributed by atoms with Gasteiger partial charge in [0, 0.05) is 7.05 Å². The van der Waals surface area contributed by atoms with Crippen molar-refractivity contribution in [3.63, 3.8) is 0 Å². The molecule has 0 radical (unpaired) electrons. The van der Waals surface area contributed by atoms with Crippen LogP contribution in [-0.2, 0) is 16.6 Å². The van der Waals surface area contributed by atoms with Crippen LogP contribution in [0.5, 0.6) is 17.2 Å². The quantitative estimate of drug-likeness (QED) is 0.556. The van der Waals surface area contributed by atoms with Crippen LogP contribution in [0, 0.1) is 0 Å². The van der Waals surface area contributed by atoms with E-state index in [1.807, 2.05) is 24.3 Å². The van der Waals surface area contributed by atoms with E-state index in [0.29, 0.717) is 23.8 Å². The highest BCUT2D eigenvalue weighted by atomic mass is 32.2. The highest BCUT2D eigenvalue weighted by molar-refractivity contribution is 7.92. The first-order chi connectivity index (χ1) is 13.9. The van der Waals surface area contributed by atoms with Crippen LogP contribution in [0.15, 0.2) is 77.7 Å².